The number of aliphatic hydroxyl groups excluding tert-OH is 1. The van der Waals surface area contributed by atoms with Crippen LogP contribution < -0.4 is 4.74 Å². The summed E-state index contributed by atoms with van der Waals surface area (Å²) in [5, 5.41) is 18.2. The van der Waals surface area contributed by atoms with Crippen molar-refractivity contribution in [1.82, 2.24) is 20.1 Å². The first-order valence-electron chi connectivity index (χ1n) is 11.6. The normalized spacial score (nSPS) is 13.0. The van der Waals surface area contributed by atoms with Crippen molar-refractivity contribution in [3.05, 3.63) is 77.5 Å². The molecule has 7 nitrogen and oxygen atoms in total. The average Bonchev–Trinajstić information content (AvgIpc) is 3.33. The molecule has 2 heterocycles. The number of nitrogens with one attached hydrogen (secondary N) is 1. The number of halogens is 1. The largest absolute Gasteiger partial charge is 0.493 e. The Kier molecular flexibility index (Phi) is 7.12. The SMILES string of the molecule is CCOc1cc(C(=O)N(C[C@@H](C)O)[C@@H](C)c2cnc(C)c3cn[nH]c23)ccc1-c1cccc(F)c1. The number of nitrogens with zero attached hydrogens (tertiary/aromatic N) is 3. The van der Waals surface area contributed by atoms with E-state index in [0.29, 0.717) is 29.0 Å². The van der Waals surface area contributed by atoms with E-state index in [1.165, 1.54) is 12.1 Å². The summed E-state index contributed by atoms with van der Waals surface area (Å²) in [5.74, 6) is -0.126. The van der Waals surface area contributed by atoms with E-state index in [0.717, 1.165) is 22.2 Å². The zero-order chi connectivity index (χ0) is 25.1. The lowest BCUT2D eigenvalue weighted by Crippen LogP contribution is -2.38. The Morgan fingerprint density at radius 2 is 2.00 bits per heavy atom. The van der Waals surface area contributed by atoms with Gasteiger partial charge in [0.15, 0.2) is 0 Å². The number of aryl methyl sites for hydroxylation is 1. The first kappa shape index (κ1) is 24.3. The summed E-state index contributed by atoms with van der Waals surface area (Å²) in [6.45, 7) is 7.81. The number of hydrogen-bond acceptors (Lipinski definition) is 5. The lowest BCUT2D eigenvalue weighted by molar-refractivity contribution is 0.0559. The van der Waals surface area contributed by atoms with E-state index in [4.69, 9.17) is 4.74 Å². The number of H-pyrrole nitrogens is 1. The number of ether oxygens (including phenoxy) is 1. The predicted molar refractivity (Wildman–Crippen MR) is 133 cm³/mol. The van der Waals surface area contributed by atoms with Crippen molar-refractivity contribution in [3.63, 3.8) is 0 Å². The van der Waals surface area contributed by atoms with Crippen LogP contribution in [0.5, 0.6) is 5.75 Å². The molecular weight excluding hydrogens is 447 g/mol. The molecule has 2 N–H and O–H groups in total. The summed E-state index contributed by atoms with van der Waals surface area (Å²) in [7, 11) is 0. The van der Waals surface area contributed by atoms with E-state index in [9.17, 15) is 14.3 Å². The van der Waals surface area contributed by atoms with Crippen LogP contribution in [0.4, 0.5) is 4.39 Å². The van der Waals surface area contributed by atoms with Crippen molar-refractivity contribution in [3.8, 4) is 16.9 Å². The van der Waals surface area contributed by atoms with Crippen LogP contribution in [0.1, 0.15) is 48.4 Å². The van der Waals surface area contributed by atoms with Gasteiger partial charge in [-0.1, -0.05) is 12.1 Å². The molecule has 0 spiro atoms. The number of pyridine rings is 1. The molecule has 0 aliphatic heterocycles. The number of fused-ring (bicyclic) bond motifs is 1. The Labute approximate surface area is 203 Å². The van der Waals surface area contributed by atoms with Gasteiger partial charge in [-0.15, -0.1) is 0 Å². The van der Waals surface area contributed by atoms with Gasteiger partial charge in [-0.3, -0.25) is 14.9 Å². The van der Waals surface area contributed by atoms with Gasteiger partial charge in [0.1, 0.15) is 11.6 Å². The van der Waals surface area contributed by atoms with Gasteiger partial charge in [0.05, 0.1) is 30.5 Å². The second-order valence-electron chi connectivity index (χ2n) is 8.59. The topological polar surface area (TPSA) is 91.3 Å². The van der Waals surface area contributed by atoms with Crippen molar-refractivity contribution in [1.29, 1.82) is 0 Å². The fourth-order valence-electron chi connectivity index (χ4n) is 4.26. The van der Waals surface area contributed by atoms with Crippen LogP contribution in [0, 0.1) is 12.7 Å². The van der Waals surface area contributed by atoms with Gasteiger partial charge in [0, 0.05) is 40.5 Å². The number of benzene rings is 2. The molecule has 0 unspecified atom stereocenters. The van der Waals surface area contributed by atoms with Crippen LogP contribution in [-0.2, 0) is 0 Å². The van der Waals surface area contributed by atoms with E-state index in [1.807, 2.05) is 20.8 Å². The minimum absolute atomic E-state index is 0.124. The summed E-state index contributed by atoms with van der Waals surface area (Å²) in [5.41, 5.74) is 4.21. The maximum absolute atomic E-state index is 13.8. The van der Waals surface area contributed by atoms with E-state index in [2.05, 4.69) is 15.2 Å². The molecule has 4 rings (SSSR count). The van der Waals surface area contributed by atoms with Crippen molar-refractivity contribution < 1.29 is 19.0 Å². The Morgan fingerprint density at radius 3 is 2.71 bits per heavy atom. The quantitative estimate of drug-likeness (QED) is 0.371. The molecule has 1 amide bonds. The van der Waals surface area contributed by atoms with Gasteiger partial charge in [-0.2, -0.15) is 5.10 Å². The highest BCUT2D eigenvalue weighted by atomic mass is 19.1. The minimum Gasteiger partial charge on any atom is -0.493 e. The minimum atomic E-state index is -0.741. The Hall–Kier alpha value is -3.78. The van der Waals surface area contributed by atoms with Crippen LogP contribution in [0.25, 0.3) is 22.0 Å². The molecule has 2 atom stereocenters. The molecule has 2 aromatic heterocycles. The molecule has 0 aliphatic rings. The predicted octanol–water partition coefficient (Wildman–Crippen LogP) is 5.06. The molecule has 0 saturated carbocycles. The van der Waals surface area contributed by atoms with E-state index in [-0.39, 0.29) is 18.3 Å². The number of hydrogen-bond donors (Lipinski definition) is 2. The van der Waals surface area contributed by atoms with E-state index < -0.39 is 12.1 Å². The lowest BCUT2D eigenvalue weighted by atomic mass is 10.0. The second-order valence-corrected chi connectivity index (χ2v) is 8.59. The van der Waals surface area contributed by atoms with Crippen molar-refractivity contribution in [2.24, 2.45) is 0 Å². The Bertz CT molecular complexity index is 1350. The van der Waals surface area contributed by atoms with E-state index >= 15 is 0 Å². The highest BCUT2D eigenvalue weighted by molar-refractivity contribution is 5.96. The molecule has 4 aromatic rings. The van der Waals surface area contributed by atoms with Crippen LogP contribution in [0.2, 0.25) is 0 Å². The fraction of sp³-hybridized carbons (Fsp3) is 0.296. The summed E-state index contributed by atoms with van der Waals surface area (Å²) in [4.78, 5) is 19.8. The average molecular weight is 477 g/mol. The Morgan fingerprint density at radius 1 is 1.20 bits per heavy atom. The maximum atomic E-state index is 13.8. The highest BCUT2D eigenvalue weighted by Crippen LogP contribution is 2.34. The molecule has 35 heavy (non-hydrogen) atoms. The number of amides is 1. The maximum Gasteiger partial charge on any atom is 0.254 e. The first-order chi connectivity index (χ1) is 16.8. The standard InChI is InChI=1S/C27H29FN4O3/c1-5-35-25-12-20(9-10-22(25)19-7-6-8-21(28)11-19)27(34)32(15-16(2)33)18(4)24-13-29-17(3)23-14-30-31-26(23)24/h6-14,16,18,33H,5,15H2,1-4H3,(H,30,31)/t16-,18+/m1/s1. The molecular formula is C27H29FN4O3. The third kappa shape index (κ3) is 5.02. The van der Waals surface area contributed by atoms with Gasteiger partial charge in [-0.25, -0.2) is 4.39 Å². The van der Waals surface area contributed by atoms with Crippen molar-refractivity contribution >= 4 is 16.8 Å². The van der Waals surface area contributed by atoms with Crippen LogP contribution in [0.15, 0.2) is 54.9 Å². The fourth-order valence-corrected chi connectivity index (χ4v) is 4.26. The molecule has 2 aromatic carbocycles. The number of carbonyl (C=O) groups excluding carboxylic acids is 1. The summed E-state index contributed by atoms with van der Waals surface area (Å²) in [6, 6.07) is 11.0. The molecule has 0 fully saturated rings. The molecule has 0 saturated heterocycles. The van der Waals surface area contributed by atoms with E-state index in [1.54, 1.807) is 54.5 Å². The molecule has 182 valence electrons. The zero-order valence-corrected chi connectivity index (χ0v) is 20.2. The van der Waals surface area contributed by atoms with Crippen LogP contribution in [-0.4, -0.2) is 50.4 Å². The molecule has 0 aliphatic carbocycles. The number of carbonyl (C=O) groups is 1. The molecule has 0 radical (unpaired) electrons. The van der Waals surface area contributed by atoms with Gasteiger partial charge < -0.3 is 14.7 Å². The van der Waals surface area contributed by atoms with Gasteiger partial charge in [0.25, 0.3) is 5.91 Å². The molecule has 8 heteroatoms. The lowest BCUT2D eigenvalue weighted by Gasteiger charge is -2.31. The molecule has 0 bridgehead atoms. The Balaban J connectivity index is 1.74. The summed E-state index contributed by atoms with van der Waals surface area (Å²) >= 11 is 0. The number of aromatic amines is 1. The first-order valence-corrected chi connectivity index (χ1v) is 11.6. The smallest absolute Gasteiger partial charge is 0.254 e. The van der Waals surface area contributed by atoms with Crippen LogP contribution in [0.3, 0.4) is 0 Å². The van der Waals surface area contributed by atoms with Crippen LogP contribution >= 0.6 is 0 Å². The van der Waals surface area contributed by atoms with Gasteiger partial charge in [-0.05, 0) is 63.6 Å². The third-order valence-electron chi connectivity index (χ3n) is 6.02. The van der Waals surface area contributed by atoms with Crippen molar-refractivity contribution in [2.75, 3.05) is 13.2 Å². The number of aromatic nitrogens is 3. The monoisotopic (exact) mass is 476 g/mol. The third-order valence-corrected chi connectivity index (χ3v) is 6.02. The number of rotatable bonds is 8. The van der Waals surface area contributed by atoms with Crippen molar-refractivity contribution in [2.45, 2.75) is 39.8 Å². The number of aliphatic hydroxyl groups is 1. The second kappa shape index (κ2) is 10.2. The van der Waals surface area contributed by atoms with Gasteiger partial charge in [0.2, 0.25) is 0 Å². The summed E-state index contributed by atoms with van der Waals surface area (Å²) < 4.78 is 19.7. The zero-order valence-electron chi connectivity index (χ0n) is 20.2. The van der Waals surface area contributed by atoms with Gasteiger partial charge >= 0.3 is 0 Å². The highest BCUT2D eigenvalue weighted by Gasteiger charge is 2.27. The summed E-state index contributed by atoms with van der Waals surface area (Å²) in [6.07, 6.45) is 2.71.